The van der Waals surface area contributed by atoms with E-state index in [1.165, 1.54) is 16.7 Å². The summed E-state index contributed by atoms with van der Waals surface area (Å²) in [5.41, 5.74) is 3.29. The smallest absolute Gasteiger partial charge is 0.0512 e. The van der Waals surface area contributed by atoms with Crippen LogP contribution in [0.2, 0.25) is 0 Å². The van der Waals surface area contributed by atoms with Crippen LogP contribution in [0.5, 0.6) is 0 Å². The molecule has 0 bridgehead atoms. The molecule has 1 aromatic carbocycles. The van der Waals surface area contributed by atoms with E-state index < -0.39 is 0 Å². The van der Waals surface area contributed by atoms with E-state index in [1.807, 2.05) is 6.92 Å². The SMILES string of the molecule is CCC(CO)(CO)Cc1cc(C)cc(C)c1. The number of aliphatic hydroxyl groups is 2. The molecule has 0 aromatic heterocycles. The van der Waals surface area contributed by atoms with Crippen molar-refractivity contribution in [2.45, 2.75) is 33.6 Å². The molecule has 0 radical (unpaired) electrons. The summed E-state index contributed by atoms with van der Waals surface area (Å²) in [5.74, 6) is 0. The van der Waals surface area contributed by atoms with E-state index in [2.05, 4.69) is 32.0 Å². The number of rotatable bonds is 5. The van der Waals surface area contributed by atoms with Crippen molar-refractivity contribution in [3.8, 4) is 0 Å². The third kappa shape index (κ3) is 3.06. The largest absolute Gasteiger partial charge is 0.396 e. The third-order valence-corrected chi connectivity index (χ3v) is 3.28. The Morgan fingerprint density at radius 3 is 1.88 bits per heavy atom. The second kappa shape index (κ2) is 5.46. The Labute approximate surface area is 97.9 Å². The molecule has 0 aliphatic heterocycles. The van der Waals surface area contributed by atoms with Gasteiger partial charge in [-0.15, -0.1) is 0 Å². The van der Waals surface area contributed by atoms with Gasteiger partial charge in [0.25, 0.3) is 0 Å². The van der Waals surface area contributed by atoms with Crippen molar-refractivity contribution < 1.29 is 10.2 Å². The van der Waals surface area contributed by atoms with E-state index in [1.54, 1.807) is 0 Å². The maximum absolute atomic E-state index is 9.42. The lowest BCUT2D eigenvalue weighted by molar-refractivity contribution is 0.0514. The fraction of sp³-hybridized carbons (Fsp3) is 0.571. The standard InChI is InChI=1S/C14H22O2/c1-4-14(9-15,10-16)8-13-6-11(2)5-12(3)7-13/h5-7,15-16H,4,8-10H2,1-3H3. The van der Waals surface area contributed by atoms with Crippen LogP contribution in [0.1, 0.15) is 30.0 Å². The van der Waals surface area contributed by atoms with Gasteiger partial charge < -0.3 is 10.2 Å². The van der Waals surface area contributed by atoms with E-state index in [4.69, 9.17) is 0 Å². The van der Waals surface area contributed by atoms with Gasteiger partial charge in [0.1, 0.15) is 0 Å². The van der Waals surface area contributed by atoms with Crippen LogP contribution in [0.25, 0.3) is 0 Å². The minimum atomic E-state index is -0.375. The lowest BCUT2D eigenvalue weighted by Crippen LogP contribution is -2.31. The first-order valence-electron chi connectivity index (χ1n) is 5.84. The Morgan fingerprint density at radius 2 is 1.50 bits per heavy atom. The predicted molar refractivity (Wildman–Crippen MR) is 66.5 cm³/mol. The quantitative estimate of drug-likeness (QED) is 0.802. The lowest BCUT2D eigenvalue weighted by atomic mass is 9.80. The molecule has 0 saturated heterocycles. The highest BCUT2D eigenvalue weighted by atomic mass is 16.3. The minimum absolute atomic E-state index is 0.0347. The molecule has 0 atom stereocenters. The van der Waals surface area contributed by atoms with Gasteiger partial charge in [-0.1, -0.05) is 36.2 Å². The lowest BCUT2D eigenvalue weighted by Gasteiger charge is -2.28. The molecule has 0 aliphatic rings. The van der Waals surface area contributed by atoms with Crippen LogP contribution in [-0.2, 0) is 6.42 Å². The number of aryl methyl sites for hydroxylation is 2. The normalized spacial score (nSPS) is 11.8. The molecule has 16 heavy (non-hydrogen) atoms. The van der Waals surface area contributed by atoms with Gasteiger partial charge >= 0.3 is 0 Å². The minimum Gasteiger partial charge on any atom is -0.396 e. The second-order valence-electron chi connectivity index (χ2n) is 4.84. The van der Waals surface area contributed by atoms with E-state index in [0.29, 0.717) is 0 Å². The van der Waals surface area contributed by atoms with E-state index in [-0.39, 0.29) is 18.6 Å². The molecule has 1 rings (SSSR count). The van der Waals surface area contributed by atoms with Crippen LogP contribution in [-0.4, -0.2) is 23.4 Å². The fourth-order valence-electron chi connectivity index (χ4n) is 2.11. The summed E-state index contributed by atoms with van der Waals surface area (Å²) < 4.78 is 0. The van der Waals surface area contributed by atoms with Crippen molar-refractivity contribution >= 4 is 0 Å². The van der Waals surface area contributed by atoms with Crippen molar-refractivity contribution in [2.75, 3.05) is 13.2 Å². The molecule has 0 spiro atoms. The molecule has 2 heteroatoms. The highest BCUT2D eigenvalue weighted by molar-refractivity contribution is 5.29. The monoisotopic (exact) mass is 222 g/mol. The Hall–Kier alpha value is -0.860. The van der Waals surface area contributed by atoms with Crippen molar-refractivity contribution in [1.82, 2.24) is 0 Å². The average molecular weight is 222 g/mol. The predicted octanol–water partition coefficient (Wildman–Crippen LogP) is 2.23. The van der Waals surface area contributed by atoms with Crippen LogP contribution in [0.15, 0.2) is 18.2 Å². The topological polar surface area (TPSA) is 40.5 Å². The van der Waals surface area contributed by atoms with Gasteiger partial charge in [-0.05, 0) is 32.3 Å². The molecule has 0 fully saturated rings. The molecule has 2 N–H and O–H groups in total. The van der Waals surface area contributed by atoms with Gasteiger partial charge in [0.15, 0.2) is 0 Å². The van der Waals surface area contributed by atoms with Crippen molar-refractivity contribution in [3.63, 3.8) is 0 Å². The zero-order valence-electron chi connectivity index (χ0n) is 10.5. The highest BCUT2D eigenvalue weighted by Crippen LogP contribution is 2.26. The van der Waals surface area contributed by atoms with Crippen molar-refractivity contribution in [2.24, 2.45) is 5.41 Å². The molecular weight excluding hydrogens is 200 g/mol. The van der Waals surface area contributed by atoms with Crippen molar-refractivity contribution in [1.29, 1.82) is 0 Å². The van der Waals surface area contributed by atoms with Crippen LogP contribution < -0.4 is 0 Å². The van der Waals surface area contributed by atoms with Gasteiger partial charge in [0.2, 0.25) is 0 Å². The summed E-state index contributed by atoms with van der Waals surface area (Å²) in [5, 5.41) is 18.8. The zero-order valence-corrected chi connectivity index (χ0v) is 10.5. The first kappa shape index (κ1) is 13.2. The van der Waals surface area contributed by atoms with E-state index >= 15 is 0 Å². The Bertz CT molecular complexity index is 312. The van der Waals surface area contributed by atoms with Gasteiger partial charge in [0.05, 0.1) is 13.2 Å². The number of hydrogen-bond acceptors (Lipinski definition) is 2. The molecule has 0 heterocycles. The summed E-state index contributed by atoms with van der Waals surface area (Å²) in [4.78, 5) is 0. The summed E-state index contributed by atoms with van der Waals surface area (Å²) in [6, 6.07) is 6.39. The van der Waals surface area contributed by atoms with Gasteiger partial charge in [-0.3, -0.25) is 0 Å². The summed E-state index contributed by atoms with van der Waals surface area (Å²) >= 11 is 0. The van der Waals surface area contributed by atoms with Crippen LogP contribution >= 0.6 is 0 Å². The van der Waals surface area contributed by atoms with E-state index in [0.717, 1.165) is 12.8 Å². The molecule has 0 aliphatic carbocycles. The number of aliphatic hydroxyl groups excluding tert-OH is 2. The summed E-state index contributed by atoms with van der Waals surface area (Å²) in [6.07, 6.45) is 1.52. The van der Waals surface area contributed by atoms with Crippen LogP contribution in [0.3, 0.4) is 0 Å². The zero-order chi connectivity index (χ0) is 12.2. The first-order chi connectivity index (χ1) is 7.55. The van der Waals surface area contributed by atoms with Gasteiger partial charge in [-0.2, -0.15) is 0 Å². The molecule has 0 unspecified atom stereocenters. The summed E-state index contributed by atoms with van der Waals surface area (Å²) in [6.45, 7) is 6.22. The molecule has 0 amide bonds. The van der Waals surface area contributed by atoms with Crippen molar-refractivity contribution in [3.05, 3.63) is 34.9 Å². The highest BCUT2D eigenvalue weighted by Gasteiger charge is 2.26. The van der Waals surface area contributed by atoms with E-state index in [9.17, 15) is 10.2 Å². The molecule has 1 aromatic rings. The van der Waals surface area contributed by atoms with Crippen LogP contribution in [0, 0.1) is 19.3 Å². The maximum Gasteiger partial charge on any atom is 0.0512 e. The fourth-order valence-corrected chi connectivity index (χ4v) is 2.11. The number of hydrogen-bond donors (Lipinski definition) is 2. The number of benzene rings is 1. The van der Waals surface area contributed by atoms with Gasteiger partial charge in [-0.25, -0.2) is 0 Å². The van der Waals surface area contributed by atoms with Gasteiger partial charge in [0, 0.05) is 5.41 Å². The Morgan fingerprint density at radius 1 is 1.00 bits per heavy atom. The first-order valence-corrected chi connectivity index (χ1v) is 5.84. The van der Waals surface area contributed by atoms with Crippen LogP contribution in [0.4, 0.5) is 0 Å². The summed E-state index contributed by atoms with van der Waals surface area (Å²) in [7, 11) is 0. The second-order valence-corrected chi connectivity index (χ2v) is 4.84. The molecular formula is C14H22O2. The average Bonchev–Trinajstić information content (AvgIpc) is 2.25. The molecule has 2 nitrogen and oxygen atoms in total. The molecule has 90 valence electrons. The Balaban J connectivity index is 2.93. The third-order valence-electron chi connectivity index (χ3n) is 3.28. The Kier molecular flexibility index (Phi) is 4.51. The maximum atomic E-state index is 9.42. The molecule has 0 saturated carbocycles.